The number of carbonyl (C=O) groups excluding carboxylic acids is 4. The molecule has 0 aliphatic rings. The molecule has 2 amide bonds. The van der Waals surface area contributed by atoms with Crippen molar-refractivity contribution < 1.29 is 64.4 Å². The predicted octanol–water partition coefficient (Wildman–Crippen LogP) is 5.30. The molecule has 27 heteroatoms. The second kappa shape index (κ2) is 22.7. The molecule has 0 atom stereocenters. The van der Waals surface area contributed by atoms with Crippen molar-refractivity contribution in [3.8, 4) is 11.5 Å². The number of anilines is 2. The van der Waals surface area contributed by atoms with Gasteiger partial charge in [-0.25, -0.2) is 16.8 Å². The monoisotopic (exact) mass is 1010 g/mol. The molecule has 4 aromatic carbocycles. The third kappa shape index (κ3) is 14.7. The number of ether oxygens (including phenoxy) is 2. The smallest absolute Gasteiger partial charge is 0.744 e. The normalized spacial score (nSPS) is 11.1. The molecule has 316 valence electrons. The molecular weight excluding hydrogens is 978 g/mol. The maximum absolute atomic E-state index is 12.0. The Hall–Kier alpha value is -5.85. The van der Waals surface area contributed by atoms with E-state index < -0.39 is 87.3 Å². The Morgan fingerprint density at radius 3 is 1.15 bits per heavy atom. The average molecular weight is 1010 g/mol. The first-order chi connectivity index (χ1) is 28.1. The average Bonchev–Trinajstić information content (AvgIpc) is 3.15. The Labute approximate surface area is 385 Å². The molecule has 0 saturated heterocycles. The van der Waals surface area contributed by atoms with Gasteiger partial charge in [0.25, 0.3) is 11.4 Å². The quantitative estimate of drug-likeness (QED) is 0.0359. The van der Waals surface area contributed by atoms with Gasteiger partial charge < -0.3 is 29.2 Å². The van der Waals surface area contributed by atoms with E-state index >= 15 is 0 Å². The van der Waals surface area contributed by atoms with Gasteiger partial charge in [-0.1, -0.05) is 24.3 Å². The standard InChI is InChI=1S/2C17H16N4O8S.Ba/c2*1-10(22)9-15(23)18-16-11(5-4-8-14(16)29-2)19-20-12-6-3-7-13(21(24)25)17(12)30(26,27)28;/h2*3-8H,9H2,1-2H3,(H,18,23)(H,26,27,28);/q;;+2/p-2. The van der Waals surface area contributed by atoms with E-state index in [1.165, 1.54) is 64.5 Å². The Balaban J connectivity index is 0.000000413. The number of ketones is 2. The summed E-state index contributed by atoms with van der Waals surface area (Å²) in [5, 5.41) is 42.0. The molecule has 0 fully saturated rings. The van der Waals surface area contributed by atoms with Gasteiger partial charge in [-0.3, -0.25) is 39.4 Å². The van der Waals surface area contributed by atoms with Gasteiger partial charge in [0.1, 0.15) is 77.4 Å². The fourth-order valence-corrected chi connectivity index (χ4v) is 6.34. The largest absolute Gasteiger partial charge is 2.00 e. The van der Waals surface area contributed by atoms with Gasteiger partial charge in [0.15, 0.2) is 9.79 Å². The van der Waals surface area contributed by atoms with Crippen molar-refractivity contribution in [3.63, 3.8) is 0 Å². The molecule has 24 nitrogen and oxygen atoms in total. The van der Waals surface area contributed by atoms with Gasteiger partial charge in [0.05, 0.1) is 36.9 Å². The minimum absolute atomic E-state index is 0. The molecular formula is C34H30BaN8O16S2. The maximum atomic E-state index is 12.0. The molecule has 0 heterocycles. The van der Waals surface area contributed by atoms with Gasteiger partial charge >= 0.3 is 48.9 Å². The van der Waals surface area contributed by atoms with Crippen molar-refractivity contribution in [2.24, 2.45) is 20.5 Å². The molecule has 0 saturated carbocycles. The first-order valence-electron chi connectivity index (χ1n) is 16.3. The molecule has 0 bridgehead atoms. The summed E-state index contributed by atoms with van der Waals surface area (Å²) in [4.78, 5) is 64.0. The summed E-state index contributed by atoms with van der Waals surface area (Å²) in [6.07, 6.45) is -0.809. The zero-order valence-corrected chi connectivity index (χ0v) is 38.2. The number of hydrogen-bond acceptors (Lipinski definition) is 20. The Bertz CT molecular complexity index is 2480. The molecule has 61 heavy (non-hydrogen) atoms. The number of carbonyl (C=O) groups is 4. The van der Waals surface area contributed by atoms with Crippen LogP contribution in [0.25, 0.3) is 0 Å². The van der Waals surface area contributed by atoms with Crippen LogP contribution in [0.1, 0.15) is 26.7 Å². The molecule has 0 radical (unpaired) electrons. The van der Waals surface area contributed by atoms with Crippen molar-refractivity contribution in [3.05, 3.63) is 93.0 Å². The molecule has 2 N–H and O–H groups in total. The van der Waals surface area contributed by atoms with E-state index in [9.17, 15) is 65.3 Å². The number of Topliss-reactive ketones (excluding diaryl/α,β-unsaturated/α-hetero) is 2. The van der Waals surface area contributed by atoms with Crippen molar-refractivity contribution in [2.75, 3.05) is 24.9 Å². The second-order valence-electron chi connectivity index (χ2n) is 11.6. The summed E-state index contributed by atoms with van der Waals surface area (Å²) in [7, 11) is -7.85. The van der Waals surface area contributed by atoms with Crippen LogP contribution in [-0.2, 0) is 39.4 Å². The Kier molecular flexibility index (Phi) is 19.1. The fraction of sp³-hybridized carbons (Fsp3) is 0.176. The number of nitro benzene ring substituents is 2. The van der Waals surface area contributed by atoms with Gasteiger partial charge in [0.2, 0.25) is 11.8 Å². The van der Waals surface area contributed by atoms with Crippen LogP contribution in [0.2, 0.25) is 0 Å². The molecule has 4 rings (SSSR count). The topological polar surface area (TPSA) is 361 Å². The first-order valence-corrected chi connectivity index (χ1v) is 19.1. The third-order valence-corrected chi connectivity index (χ3v) is 9.00. The number of rotatable bonds is 16. The summed E-state index contributed by atoms with van der Waals surface area (Å²) in [6, 6.07) is 14.9. The van der Waals surface area contributed by atoms with E-state index in [1.54, 1.807) is 0 Å². The minimum atomic E-state index is -5.25. The van der Waals surface area contributed by atoms with E-state index in [0.29, 0.717) is 0 Å². The second-order valence-corrected chi connectivity index (χ2v) is 14.3. The van der Waals surface area contributed by atoms with Crippen molar-refractivity contribution in [1.82, 2.24) is 0 Å². The van der Waals surface area contributed by atoms with Gasteiger partial charge in [-0.2, -0.15) is 0 Å². The number of nitrogens with one attached hydrogen (secondary N) is 2. The van der Waals surface area contributed by atoms with Crippen LogP contribution >= 0.6 is 0 Å². The van der Waals surface area contributed by atoms with Crippen LogP contribution < -0.4 is 20.1 Å². The van der Waals surface area contributed by atoms with Crippen LogP contribution in [0, 0.1) is 20.2 Å². The summed E-state index contributed by atoms with van der Waals surface area (Å²) in [5.74, 6) is -1.73. The molecule has 0 aliphatic carbocycles. The van der Waals surface area contributed by atoms with E-state index in [0.717, 1.165) is 36.4 Å². The SMILES string of the molecule is COc1cccc(N=Nc2cccc([N+](=O)[O-])c2S(=O)(=O)[O-])c1NC(=O)CC(C)=O.COc1cccc(N=Nc2cccc([N+](=O)[O-])c2S(=O)(=O)[O-])c1NC(=O)CC(C)=O.[Ba+2]. The van der Waals surface area contributed by atoms with E-state index in [1.807, 2.05) is 0 Å². The van der Waals surface area contributed by atoms with Crippen LogP contribution in [0.4, 0.5) is 45.5 Å². The summed E-state index contributed by atoms with van der Waals surface area (Å²) >= 11 is 0. The van der Waals surface area contributed by atoms with E-state index in [2.05, 4.69) is 31.1 Å². The predicted molar refractivity (Wildman–Crippen MR) is 210 cm³/mol. The van der Waals surface area contributed by atoms with Gasteiger partial charge in [-0.05, 0) is 50.2 Å². The van der Waals surface area contributed by atoms with Crippen molar-refractivity contribution in [1.29, 1.82) is 0 Å². The summed E-state index contributed by atoms with van der Waals surface area (Å²) < 4.78 is 79.5. The number of azo groups is 2. The zero-order valence-electron chi connectivity index (χ0n) is 32.1. The van der Waals surface area contributed by atoms with Crippen molar-refractivity contribution >= 4 is 138 Å². The number of para-hydroxylation sites is 2. The van der Waals surface area contributed by atoms with Crippen LogP contribution in [-0.4, -0.2) is 122 Å². The Morgan fingerprint density at radius 2 is 0.869 bits per heavy atom. The molecule has 4 aromatic rings. The Morgan fingerprint density at radius 1 is 0.574 bits per heavy atom. The van der Waals surface area contributed by atoms with Gasteiger partial charge in [0, 0.05) is 12.1 Å². The zero-order chi connectivity index (χ0) is 44.9. The fourth-order valence-electron chi connectivity index (χ4n) is 4.82. The number of benzene rings is 4. The number of methoxy groups -OCH3 is 2. The van der Waals surface area contributed by atoms with E-state index in [4.69, 9.17) is 9.47 Å². The number of nitro groups is 2. The molecule has 0 spiro atoms. The van der Waals surface area contributed by atoms with Crippen LogP contribution in [0.15, 0.2) is 103 Å². The van der Waals surface area contributed by atoms with Crippen molar-refractivity contribution in [2.45, 2.75) is 36.5 Å². The van der Waals surface area contributed by atoms with Crippen LogP contribution in [0.3, 0.4) is 0 Å². The van der Waals surface area contributed by atoms with E-state index in [-0.39, 0.29) is 94.7 Å². The maximum Gasteiger partial charge on any atom is 2.00 e. The number of nitrogens with zero attached hydrogens (tertiary/aromatic N) is 6. The third-order valence-electron chi connectivity index (χ3n) is 7.17. The summed E-state index contributed by atoms with van der Waals surface area (Å²) in [5.41, 5.74) is -2.94. The summed E-state index contributed by atoms with van der Waals surface area (Å²) in [6.45, 7) is 2.46. The van der Waals surface area contributed by atoms with Gasteiger partial charge in [-0.15, -0.1) is 20.5 Å². The van der Waals surface area contributed by atoms with Crippen LogP contribution in [0.5, 0.6) is 11.5 Å². The molecule has 0 aliphatic heterocycles. The number of hydrogen-bond donors (Lipinski definition) is 2. The molecule has 0 unspecified atom stereocenters. The minimum Gasteiger partial charge on any atom is -0.744 e. The number of amides is 2. The molecule has 0 aromatic heterocycles. The first kappa shape index (κ1) is 51.3.